The summed E-state index contributed by atoms with van der Waals surface area (Å²) in [7, 11) is 3.36. The van der Waals surface area contributed by atoms with Gasteiger partial charge in [-0.25, -0.2) is 0 Å². The summed E-state index contributed by atoms with van der Waals surface area (Å²) in [6.07, 6.45) is 3.53. The number of fused-ring (bicyclic) bond motifs is 1. The van der Waals surface area contributed by atoms with E-state index in [-0.39, 0.29) is 11.8 Å². The van der Waals surface area contributed by atoms with Gasteiger partial charge in [-0.15, -0.1) is 11.3 Å². The van der Waals surface area contributed by atoms with Gasteiger partial charge in [-0.3, -0.25) is 19.6 Å². The van der Waals surface area contributed by atoms with E-state index < -0.39 is 0 Å². The average Bonchev–Trinajstić information content (AvgIpc) is 3.39. The smallest absolute Gasteiger partial charge is 0.261 e. The van der Waals surface area contributed by atoms with Crippen LogP contribution in [0.15, 0.2) is 59.9 Å². The van der Waals surface area contributed by atoms with Gasteiger partial charge < -0.3 is 9.80 Å². The van der Waals surface area contributed by atoms with Crippen LogP contribution in [0.2, 0.25) is 0 Å². The molecule has 6 nitrogen and oxygen atoms in total. The number of nitrogens with zero attached hydrogens (tertiary/aromatic N) is 4. The van der Waals surface area contributed by atoms with Crippen LogP contribution in [0.25, 0.3) is 21.8 Å². The van der Waals surface area contributed by atoms with Crippen LogP contribution in [0.3, 0.4) is 0 Å². The van der Waals surface area contributed by atoms with Gasteiger partial charge in [0, 0.05) is 41.8 Å². The van der Waals surface area contributed by atoms with E-state index in [4.69, 9.17) is 0 Å². The second-order valence-electron chi connectivity index (χ2n) is 7.74. The van der Waals surface area contributed by atoms with Crippen molar-refractivity contribution in [3.63, 3.8) is 0 Å². The predicted octanol–water partition coefficient (Wildman–Crippen LogP) is 3.89. The van der Waals surface area contributed by atoms with Gasteiger partial charge in [0.05, 0.1) is 33.9 Å². The summed E-state index contributed by atoms with van der Waals surface area (Å²) < 4.78 is 0. The number of likely N-dealkylation sites (N-methyl/N-ethyl adjacent to an activating group) is 2. The Bertz CT molecular complexity index is 1300. The Labute approximate surface area is 184 Å². The highest BCUT2D eigenvalue weighted by molar-refractivity contribution is 7.15. The third-order valence-corrected chi connectivity index (χ3v) is 6.67. The van der Waals surface area contributed by atoms with Gasteiger partial charge in [-0.2, -0.15) is 0 Å². The molecular formula is C24H20N4O2S. The van der Waals surface area contributed by atoms with Gasteiger partial charge in [0.15, 0.2) is 0 Å². The quantitative estimate of drug-likeness (QED) is 0.635. The molecule has 0 unspecified atom stereocenters. The number of hydrogen-bond donors (Lipinski definition) is 0. The summed E-state index contributed by atoms with van der Waals surface area (Å²) in [4.78, 5) is 40.8. The van der Waals surface area contributed by atoms with Crippen molar-refractivity contribution in [2.75, 3.05) is 14.1 Å². The molecule has 0 saturated carbocycles. The van der Waals surface area contributed by atoms with Crippen LogP contribution in [0.5, 0.6) is 0 Å². The maximum absolute atomic E-state index is 13.2. The zero-order chi connectivity index (χ0) is 21.9. The molecular weight excluding hydrogens is 408 g/mol. The summed E-state index contributed by atoms with van der Waals surface area (Å²) in [5, 5.41) is 0. The fourth-order valence-electron chi connectivity index (χ4n) is 4.00. The maximum Gasteiger partial charge on any atom is 0.261 e. The average molecular weight is 429 g/mol. The molecule has 0 aliphatic carbocycles. The number of aromatic nitrogens is 2. The van der Waals surface area contributed by atoms with E-state index in [1.165, 1.54) is 14.7 Å². The van der Waals surface area contributed by atoms with Crippen LogP contribution in [-0.2, 0) is 9.59 Å². The number of thiophene rings is 1. The minimum Gasteiger partial charge on any atom is -0.309 e. The highest BCUT2D eigenvalue weighted by atomic mass is 32.1. The van der Waals surface area contributed by atoms with Crippen LogP contribution in [0.1, 0.15) is 21.8 Å². The lowest BCUT2D eigenvalue weighted by Gasteiger charge is -2.19. The number of pyridine rings is 2. The lowest BCUT2D eigenvalue weighted by Crippen LogP contribution is -2.25. The Kier molecular flexibility index (Phi) is 4.37. The highest BCUT2D eigenvalue weighted by Crippen LogP contribution is 2.44. The van der Waals surface area contributed by atoms with Gasteiger partial charge in [-0.05, 0) is 49.7 Å². The lowest BCUT2D eigenvalue weighted by atomic mass is 10.0. The van der Waals surface area contributed by atoms with Crippen molar-refractivity contribution in [3.8, 4) is 10.4 Å². The normalized spacial score (nSPS) is 16.1. The standard InChI is InChI=1S/C24H20N4O2S/c1-13-5-8-16(25-11-13)21-19-20(24(30)27(21)3)22(28(4)23(19)29)17-9-7-15(12-26-17)18-10-6-14(2)31-18/h5-12H,1-4H3. The SMILES string of the molecule is Cc1ccc(C2=C3C(=O)N(C)C(c4ccc(-c5ccc(C)s5)cn4)=C3C(=O)N2C)nc1. The molecule has 5 rings (SSSR count). The van der Waals surface area contributed by atoms with E-state index in [2.05, 4.69) is 29.0 Å². The molecule has 0 atom stereocenters. The number of carbonyl (C=O) groups is 2. The largest absolute Gasteiger partial charge is 0.309 e. The minimum absolute atomic E-state index is 0.222. The molecule has 154 valence electrons. The summed E-state index contributed by atoms with van der Waals surface area (Å²) in [6, 6.07) is 11.8. The van der Waals surface area contributed by atoms with Crippen LogP contribution in [0.4, 0.5) is 0 Å². The van der Waals surface area contributed by atoms with E-state index in [1.807, 2.05) is 31.2 Å². The molecule has 0 spiro atoms. The molecule has 0 radical (unpaired) electrons. The predicted molar refractivity (Wildman–Crippen MR) is 121 cm³/mol. The molecule has 3 aromatic heterocycles. The lowest BCUT2D eigenvalue weighted by molar-refractivity contribution is -0.123. The maximum atomic E-state index is 13.2. The van der Waals surface area contributed by atoms with Gasteiger partial charge in [0.1, 0.15) is 0 Å². The van der Waals surface area contributed by atoms with Gasteiger partial charge >= 0.3 is 0 Å². The molecule has 2 aliphatic heterocycles. The third-order valence-electron chi connectivity index (χ3n) is 5.62. The number of aryl methyl sites for hydroxylation is 2. The van der Waals surface area contributed by atoms with Crippen molar-refractivity contribution < 1.29 is 9.59 Å². The summed E-state index contributed by atoms with van der Waals surface area (Å²) in [5.74, 6) is -0.445. The van der Waals surface area contributed by atoms with Crippen LogP contribution in [0, 0.1) is 13.8 Å². The Morgan fingerprint density at radius 2 is 1.32 bits per heavy atom. The fourth-order valence-corrected chi connectivity index (χ4v) is 4.86. The third kappa shape index (κ3) is 2.92. The van der Waals surface area contributed by atoms with E-state index in [0.29, 0.717) is 33.9 Å². The Hall–Kier alpha value is -3.58. The second kappa shape index (κ2) is 6.99. The molecule has 2 amide bonds. The van der Waals surface area contributed by atoms with E-state index in [9.17, 15) is 9.59 Å². The first-order valence-corrected chi connectivity index (χ1v) is 10.7. The molecule has 0 N–H and O–H groups in total. The molecule has 5 heterocycles. The van der Waals surface area contributed by atoms with Gasteiger partial charge in [-0.1, -0.05) is 6.07 Å². The zero-order valence-corrected chi connectivity index (χ0v) is 18.4. The first-order valence-electron chi connectivity index (χ1n) is 9.88. The first kappa shape index (κ1) is 19.4. The van der Waals surface area contributed by atoms with E-state index in [0.717, 1.165) is 16.0 Å². The Balaban J connectivity index is 1.64. The molecule has 0 bridgehead atoms. The summed E-state index contributed by atoms with van der Waals surface area (Å²) in [6.45, 7) is 4.01. The highest BCUT2D eigenvalue weighted by Gasteiger charge is 2.47. The number of rotatable bonds is 3. The van der Waals surface area contributed by atoms with Crippen LogP contribution >= 0.6 is 11.3 Å². The monoisotopic (exact) mass is 428 g/mol. The number of carbonyl (C=O) groups excluding carboxylic acids is 2. The topological polar surface area (TPSA) is 66.4 Å². The van der Waals surface area contributed by atoms with E-state index >= 15 is 0 Å². The molecule has 0 fully saturated rings. The van der Waals surface area contributed by atoms with Crippen molar-refractivity contribution in [1.29, 1.82) is 0 Å². The molecule has 0 saturated heterocycles. The van der Waals surface area contributed by atoms with Crippen LogP contribution < -0.4 is 0 Å². The molecule has 7 heteroatoms. The number of hydrogen-bond acceptors (Lipinski definition) is 5. The summed E-state index contributed by atoms with van der Waals surface area (Å²) in [5.41, 5.74) is 5.07. The molecule has 31 heavy (non-hydrogen) atoms. The van der Waals surface area contributed by atoms with Gasteiger partial charge in [0.2, 0.25) is 0 Å². The Morgan fingerprint density at radius 1 is 0.742 bits per heavy atom. The summed E-state index contributed by atoms with van der Waals surface area (Å²) >= 11 is 1.70. The molecule has 2 aliphatic rings. The number of amides is 2. The van der Waals surface area contributed by atoms with Crippen molar-refractivity contribution in [2.24, 2.45) is 0 Å². The molecule has 3 aromatic rings. The van der Waals surface area contributed by atoms with E-state index in [1.54, 1.807) is 37.8 Å². The first-order chi connectivity index (χ1) is 14.9. The fraction of sp³-hybridized carbons (Fsp3) is 0.167. The van der Waals surface area contributed by atoms with Crippen molar-refractivity contribution in [3.05, 3.63) is 81.8 Å². The van der Waals surface area contributed by atoms with Crippen molar-refractivity contribution >= 4 is 34.5 Å². The molecule has 0 aromatic carbocycles. The van der Waals surface area contributed by atoms with Crippen LogP contribution in [-0.4, -0.2) is 45.7 Å². The van der Waals surface area contributed by atoms with Crippen molar-refractivity contribution in [2.45, 2.75) is 13.8 Å². The minimum atomic E-state index is -0.222. The Morgan fingerprint density at radius 3 is 1.77 bits per heavy atom. The van der Waals surface area contributed by atoms with Gasteiger partial charge in [0.25, 0.3) is 11.8 Å². The van der Waals surface area contributed by atoms with Crippen molar-refractivity contribution in [1.82, 2.24) is 19.8 Å². The second-order valence-corrected chi connectivity index (χ2v) is 9.03. The zero-order valence-electron chi connectivity index (χ0n) is 17.6.